The number of hydrogen-bond donors (Lipinski definition) is 2. The van der Waals surface area contributed by atoms with Gasteiger partial charge in [-0.25, -0.2) is 9.59 Å². The van der Waals surface area contributed by atoms with E-state index in [0.717, 1.165) is 32.1 Å². The molecular weight excluding hydrogens is 232 g/mol. The molecule has 0 radical (unpaired) electrons. The van der Waals surface area contributed by atoms with E-state index in [1.807, 2.05) is 13.8 Å². The van der Waals surface area contributed by atoms with E-state index in [9.17, 15) is 9.59 Å². The maximum atomic E-state index is 11.8. The fourth-order valence-corrected chi connectivity index (χ4v) is 2.23. The Morgan fingerprint density at radius 1 is 1.33 bits per heavy atom. The lowest BCUT2D eigenvalue weighted by Gasteiger charge is -2.23. The number of carbonyl (C=O) groups is 2. The first-order chi connectivity index (χ1) is 8.58. The predicted molar refractivity (Wildman–Crippen MR) is 69.2 cm³/mol. The quantitative estimate of drug-likeness (QED) is 0.737. The van der Waals surface area contributed by atoms with Gasteiger partial charge in [-0.3, -0.25) is 0 Å². The van der Waals surface area contributed by atoms with Gasteiger partial charge in [-0.2, -0.15) is 0 Å². The molecule has 0 aromatic heterocycles. The predicted octanol–water partition coefficient (Wildman–Crippen LogP) is 1.82. The molecule has 5 nitrogen and oxygen atoms in total. The lowest BCUT2D eigenvalue weighted by atomic mass is 9.99. The van der Waals surface area contributed by atoms with Gasteiger partial charge in [0.2, 0.25) is 0 Å². The van der Waals surface area contributed by atoms with E-state index in [1.54, 1.807) is 0 Å². The molecule has 1 saturated carbocycles. The molecule has 0 saturated heterocycles. The van der Waals surface area contributed by atoms with Crippen molar-refractivity contribution < 1.29 is 14.3 Å². The summed E-state index contributed by atoms with van der Waals surface area (Å²) in [5.74, 6) is -0.322. The Balaban J connectivity index is 2.48. The van der Waals surface area contributed by atoms with Crippen LogP contribution in [-0.4, -0.2) is 31.2 Å². The number of rotatable bonds is 5. The van der Waals surface area contributed by atoms with E-state index in [-0.39, 0.29) is 24.0 Å². The van der Waals surface area contributed by atoms with Crippen molar-refractivity contribution >= 4 is 12.0 Å². The van der Waals surface area contributed by atoms with Crippen molar-refractivity contribution in [2.75, 3.05) is 7.11 Å². The number of esters is 1. The van der Waals surface area contributed by atoms with Crippen molar-refractivity contribution in [2.24, 2.45) is 5.92 Å². The molecule has 0 spiro atoms. The van der Waals surface area contributed by atoms with Crippen LogP contribution in [0.2, 0.25) is 0 Å². The monoisotopic (exact) mass is 256 g/mol. The fraction of sp³-hybridized carbons (Fsp3) is 0.846. The first-order valence-corrected chi connectivity index (χ1v) is 6.73. The molecular formula is C13H24N2O3. The minimum absolute atomic E-state index is 0.0618. The van der Waals surface area contributed by atoms with Crippen LogP contribution in [0.15, 0.2) is 0 Å². The molecule has 104 valence electrons. The van der Waals surface area contributed by atoms with Crippen molar-refractivity contribution in [3.05, 3.63) is 0 Å². The van der Waals surface area contributed by atoms with E-state index >= 15 is 0 Å². The molecule has 0 bridgehead atoms. The summed E-state index contributed by atoms with van der Waals surface area (Å²) in [6.45, 7) is 3.91. The Morgan fingerprint density at radius 2 is 1.94 bits per heavy atom. The van der Waals surface area contributed by atoms with Gasteiger partial charge in [-0.1, -0.05) is 33.1 Å². The number of carbonyl (C=O) groups excluding carboxylic acids is 2. The van der Waals surface area contributed by atoms with Gasteiger partial charge in [0.25, 0.3) is 0 Å². The van der Waals surface area contributed by atoms with E-state index in [4.69, 9.17) is 4.74 Å². The van der Waals surface area contributed by atoms with Gasteiger partial charge in [-0.05, 0) is 18.8 Å². The first-order valence-electron chi connectivity index (χ1n) is 6.73. The maximum Gasteiger partial charge on any atom is 0.328 e. The third-order valence-corrected chi connectivity index (χ3v) is 3.65. The topological polar surface area (TPSA) is 67.4 Å². The van der Waals surface area contributed by atoms with Crippen molar-refractivity contribution in [3.8, 4) is 0 Å². The first kappa shape index (κ1) is 14.8. The maximum absolute atomic E-state index is 11.8. The summed E-state index contributed by atoms with van der Waals surface area (Å²) in [7, 11) is 1.34. The Kier molecular flexibility index (Phi) is 5.95. The van der Waals surface area contributed by atoms with Crippen LogP contribution < -0.4 is 10.6 Å². The zero-order valence-corrected chi connectivity index (χ0v) is 11.5. The molecule has 1 aliphatic rings. The summed E-state index contributed by atoms with van der Waals surface area (Å²) in [5, 5.41) is 5.63. The number of hydrogen-bond acceptors (Lipinski definition) is 3. The summed E-state index contributed by atoms with van der Waals surface area (Å²) in [6, 6.07) is -0.584. The average Bonchev–Trinajstić information content (AvgIpc) is 2.86. The van der Waals surface area contributed by atoms with Gasteiger partial charge in [0.05, 0.1) is 7.11 Å². The van der Waals surface area contributed by atoms with E-state index < -0.39 is 6.04 Å². The number of methoxy groups -OCH3 is 1. The normalized spacial score (nSPS) is 19.1. The van der Waals surface area contributed by atoms with Crippen LogP contribution in [0.3, 0.4) is 0 Å². The average molecular weight is 256 g/mol. The zero-order valence-electron chi connectivity index (χ0n) is 11.5. The second-order valence-corrected chi connectivity index (χ2v) is 4.99. The lowest BCUT2D eigenvalue weighted by Crippen LogP contribution is -2.51. The van der Waals surface area contributed by atoms with Crippen LogP contribution in [0.4, 0.5) is 4.79 Å². The minimum Gasteiger partial charge on any atom is -0.467 e. The van der Waals surface area contributed by atoms with Crippen LogP contribution in [0, 0.1) is 5.92 Å². The highest BCUT2D eigenvalue weighted by molar-refractivity contribution is 5.83. The van der Waals surface area contributed by atoms with Crippen molar-refractivity contribution in [2.45, 2.75) is 58.0 Å². The second kappa shape index (κ2) is 7.24. The largest absolute Gasteiger partial charge is 0.467 e. The van der Waals surface area contributed by atoms with E-state index in [2.05, 4.69) is 10.6 Å². The molecule has 2 N–H and O–H groups in total. The molecule has 0 aromatic rings. The van der Waals surface area contributed by atoms with Gasteiger partial charge in [0.1, 0.15) is 6.04 Å². The Morgan fingerprint density at radius 3 is 2.44 bits per heavy atom. The second-order valence-electron chi connectivity index (χ2n) is 4.99. The van der Waals surface area contributed by atoms with Gasteiger partial charge in [-0.15, -0.1) is 0 Å². The minimum atomic E-state index is -0.568. The summed E-state index contributed by atoms with van der Waals surface area (Å²) in [4.78, 5) is 23.4. The Hall–Kier alpha value is -1.26. The molecule has 18 heavy (non-hydrogen) atoms. The Bertz CT molecular complexity index is 288. The highest BCUT2D eigenvalue weighted by atomic mass is 16.5. The Labute approximate surface area is 109 Å². The molecule has 0 heterocycles. The standard InChI is InChI=1S/C13H24N2O3/c1-4-9(2)11(12(16)18-3)15-13(17)14-10-7-5-6-8-10/h9-11H,4-8H2,1-3H3,(H2,14,15,17)/t9-,11-/m1/s1. The van der Waals surface area contributed by atoms with Crippen LogP contribution >= 0.6 is 0 Å². The van der Waals surface area contributed by atoms with Crippen molar-refractivity contribution in [1.29, 1.82) is 0 Å². The number of ether oxygens (including phenoxy) is 1. The molecule has 1 fully saturated rings. The number of nitrogens with one attached hydrogen (secondary N) is 2. The molecule has 0 aliphatic heterocycles. The summed E-state index contributed by atoms with van der Waals surface area (Å²) < 4.78 is 4.72. The van der Waals surface area contributed by atoms with E-state index in [0.29, 0.717) is 0 Å². The highest BCUT2D eigenvalue weighted by Crippen LogP contribution is 2.17. The van der Waals surface area contributed by atoms with Gasteiger partial charge < -0.3 is 15.4 Å². The van der Waals surface area contributed by atoms with E-state index in [1.165, 1.54) is 7.11 Å². The van der Waals surface area contributed by atoms with Crippen molar-refractivity contribution in [1.82, 2.24) is 10.6 Å². The van der Waals surface area contributed by atoms with Gasteiger partial charge in [0, 0.05) is 6.04 Å². The van der Waals surface area contributed by atoms with Gasteiger partial charge >= 0.3 is 12.0 Å². The molecule has 0 aromatic carbocycles. The molecule has 0 unspecified atom stereocenters. The number of amides is 2. The molecule has 2 amide bonds. The SMILES string of the molecule is CC[C@@H](C)[C@@H](NC(=O)NC1CCCC1)C(=O)OC. The van der Waals surface area contributed by atoms with Crippen LogP contribution in [0.5, 0.6) is 0 Å². The smallest absolute Gasteiger partial charge is 0.328 e. The zero-order chi connectivity index (χ0) is 13.5. The third-order valence-electron chi connectivity index (χ3n) is 3.65. The number of urea groups is 1. The molecule has 5 heteroatoms. The molecule has 2 atom stereocenters. The van der Waals surface area contributed by atoms with Crippen molar-refractivity contribution in [3.63, 3.8) is 0 Å². The van der Waals surface area contributed by atoms with Crippen LogP contribution in [-0.2, 0) is 9.53 Å². The van der Waals surface area contributed by atoms with Gasteiger partial charge in [0.15, 0.2) is 0 Å². The fourth-order valence-electron chi connectivity index (χ4n) is 2.23. The lowest BCUT2D eigenvalue weighted by molar-refractivity contribution is -0.144. The summed E-state index contributed by atoms with van der Waals surface area (Å²) in [5.41, 5.74) is 0. The molecule has 1 aliphatic carbocycles. The van der Waals surface area contributed by atoms with Crippen LogP contribution in [0.1, 0.15) is 46.0 Å². The summed E-state index contributed by atoms with van der Waals surface area (Å²) >= 11 is 0. The highest BCUT2D eigenvalue weighted by Gasteiger charge is 2.27. The summed E-state index contributed by atoms with van der Waals surface area (Å²) in [6.07, 6.45) is 5.19. The third kappa shape index (κ3) is 4.20. The van der Waals surface area contributed by atoms with Crippen LogP contribution in [0.25, 0.3) is 0 Å². The molecule has 1 rings (SSSR count).